The topological polar surface area (TPSA) is 42.3 Å². The van der Waals surface area contributed by atoms with Crippen molar-refractivity contribution in [2.75, 3.05) is 13.1 Å². The summed E-state index contributed by atoms with van der Waals surface area (Å²) >= 11 is 0. The first-order valence-corrected chi connectivity index (χ1v) is 12.9. The molecule has 4 nitrogen and oxygen atoms in total. The van der Waals surface area contributed by atoms with Crippen molar-refractivity contribution in [1.29, 1.82) is 0 Å². The fourth-order valence-corrected chi connectivity index (χ4v) is 7.01. The van der Waals surface area contributed by atoms with Gasteiger partial charge < -0.3 is 4.57 Å². The van der Waals surface area contributed by atoms with Crippen LogP contribution in [0.2, 0.25) is 0 Å². The van der Waals surface area contributed by atoms with Gasteiger partial charge in [-0.05, 0) is 117 Å². The smallest absolute Gasteiger partial charge is 0.243 e. The van der Waals surface area contributed by atoms with E-state index in [1.165, 1.54) is 11.1 Å². The molecule has 2 aromatic carbocycles. The minimum atomic E-state index is -3.48. The lowest BCUT2D eigenvalue weighted by Crippen LogP contribution is -2.39. The summed E-state index contributed by atoms with van der Waals surface area (Å²) in [7, 11) is -3.48. The quantitative estimate of drug-likeness (QED) is 0.503. The van der Waals surface area contributed by atoms with Gasteiger partial charge in [0.2, 0.25) is 10.0 Å². The normalized spacial score (nSPS) is 15.9. The van der Waals surface area contributed by atoms with E-state index >= 15 is 0 Å². The molecule has 170 valence electrons. The maximum absolute atomic E-state index is 13.6. The van der Waals surface area contributed by atoms with E-state index in [2.05, 4.69) is 35.8 Å². The Balaban J connectivity index is 1.45. The Morgan fingerprint density at radius 1 is 0.781 bits per heavy atom. The molecule has 4 rings (SSSR count). The summed E-state index contributed by atoms with van der Waals surface area (Å²) < 4.78 is 31.0. The second kappa shape index (κ2) is 8.87. The van der Waals surface area contributed by atoms with Crippen molar-refractivity contribution in [3.63, 3.8) is 0 Å². The highest BCUT2D eigenvalue weighted by Gasteiger charge is 2.32. The van der Waals surface area contributed by atoms with Crippen LogP contribution in [0.25, 0.3) is 5.69 Å². The van der Waals surface area contributed by atoms with Crippen LogP contribution in [-0.2, 0) is 16.4 Å². The molecule has 32 heavy (non-hydrogen) atoms. The number of nitrogens with zero attached hydrogens (tertiary/aromatic N) is 2. The van der Waals surface area contributed by atoms with Gasteiger partial charge in [-0.2, -0.15) is 4.31 Å². The SMILES string of the molecule is Cc1c(C)c(C)c(S(=O)(=O)N2CCC(Cc3ccc(-n4cccc4)cc3)CC2)c(C)c1C. The molecule has 0 amide bonds. The van der Waals surface area contributed by atoms with Crippen molar-refractivity contribution in [3.05, 3.63) is 82.2 Å². The Bertz CT molecular complexity index is 1170. The van der Waals surface area contributed by atoms with E-state index in [0.29, 0.717) is 23.9 Å². The summed E-state index contributed by atoms with van der Waals surface area (Å²) in [5.41, 5.74) is 7.65. The molecule has 0 unspecified atom stereocenters. The van der Waals surface area contributed by atoms with E-state index in [4.69, 9.17) is 0 Å². The van der Waals surface area contributed by atoms with Crippen LogP contribution >= 0.6 is 0 Å². The van der Waals surface area contributed by atoms with Crippen LogP contribution in [0.3, 0.4) is 0 Å². The van der Waals surface area contributed by atoms with Crippen molar-refractivity contribution in [1.82, 2.24) is 8.87 Å². The minimum Gasteiger partial charge on any atom is -0.324 e. The predicted molar refractivity (Wildman–Crippen MR) is 131 cm³/mol. The summed E-state index contributed by atoms with van der Waals surface area (Å²) in [6.45, 7) is 11.2. The van der Waals surface area contributed by atoms with Gasteiger partial charge in [0.25, 0.3) is 0 Å². The standard InChI is InChI=1S/C27H34N2O2S/c1-19-20(2)22(4)27(23(5)21(19)3)32(30,31)29-16-12-25(13-17-29)18-24-8-10-26(11-9-24)28-14-6-7-15-28/h6-11,14-15,25H,12-13,16-18H2,1-5H3. The van der Waals surface area contributed by atoms with Crippen LogP contribution in [0.15, 0.2) is 53.7 Å². The van der Waals surface area contributed by atoms with Crippen LogP contribution in [0, 0.1) is 40.5 Å². The first-order valence-electron chi connectivity index (χ1n) is 11.5. The molecule has 1 fully saturated rings. The molecule has 0 bridgehead atoms. The number of rotatable bonds is 5. The number of hydrogen-bond acceptors (Lipinski definition) is 2. The summed E-state index contributed by atoms with van der Waals surface area (Å²) in [5.74, 6) is 0.516. The van der Waals surface area contributed by atoms with E-state index in [0.717, 1.165) is 47.2 Å². The molecule has 0 aliphatic carbocycles. The number of hydrogen-bond donors (Lipinski definition) is 0. The van der Waals surface area contributed by atoms with Crippen LogP contribution < -0.4 is 0 Å². The highest BCUT2D eigenvalue weighted by atomic mass is 32.2. The average molecular weight is 451 g/mol. The number of benzene rings is 2. The van der Waals surface area contributed by atoms with Gasteiger partial charge in [-0.25, -0.2) is 8.42 Å². The van der Waals surface area contributed by atoms with E-state index in [1.807, 2.05) is 52.2 Å². The van der Waals surface area contributed by atoms with Crippen molar-refractivity contribution in [2.24, 2.45) is 5.92 Å². The third-order valence-corrected chi connectivity index (χ3v) is 9.64. The first-order chi connectivity index (χ1) is 15.2. The highest BCUT2D eigenvalue weighted by Crippen LogP contribution is 2.33. The van der Waals surface area contributed by atoms with E-state index in [1.54, 1.807) is 4.31 Å². The second-order valence-electron chi connectivity index (χ2n) is 9.26. The average Bonchev–Trinajstić information content (AvgIpc) is 3.32. The molecule has 2 heterocycles. The molecule has 0 radical (unpaired) electrons. The van der Waals surface area contributed by atoms with Crippen molar-refractivity contribution in [3.8, 4) is 5.69 Å². The molecule has 0 atom stereocenters. The van der Waals surface area contributed by atoms with Gasteiger partial charge >= 0.3 is 0 Å². The van der Waals surface area contributed by atoms with Gasteiger partial charge in [0.05, 0.1) is 4.90 Å². The molecule has 0 N–H and O–H groups in total. The molecule has 5 heteroatoms. The second-order valence-corrected chi connectivity index (χ2v) is 11.1. The molecular formula is C27H34N2O2S. The Kier molecular flexibility index (Phi) is 6.33. The van der Waals surface area contributed by atoms with E-state index < -0.39 is 10.0 Å². The third-order valence-electron chi connectivity index (χ3n) is 7.47. The van der Waals surface area contributed by atoms with Crippen molar-refractivity contribution < 1.29 is 8.42 Å². The van der Waals surface area contributed by atoms with Gasteiger partial charge in [-0.3, -0.25) is 0 Å². The highest BCUT2D eigenvalue weighted by molar-refractivity contribution is 7.89. The predicted octanol–water partition coefficient (Wildman–Crippen LogP) is 5.66. The lowest BCUT2D eigenvalue weighted by Gasteiger charge is -2.32. The zero-order valence-corrected chi connectivity index (χ0v) is 20.7. The van der Waals surface area contributed by atoms with Crippen LogP contribution in [0.4, 0.5) is 0 Å². The largest absolute Gasteiger partial charge is 0.324 e. The summed E-state index contributed by atoms with van der Waals surface area (Å²) in [6.07, 6.45) is 6.90. The lowest BCUT2D eigenvalue weighted by atomic mass is 9.91. The molecule has 3 aromatic rings. The zero-order valence-electron chi connectivity index (χ0n) is 19.9. The molecule has 1 aromatic heterocycles. The zero-order chi connectivity index (χ0) is 23.0. The fraction of sp³-hybridized carbons (Fsp3) is 0.407. The number of sulfonamides is 1. The summed E-state index contributed by atoms with van der Waals surface area (Å²) in [5, 5.41) is 0. The summed E-state index contributed by atoms with van der Waals surface area (Å²) in [4.78, 5) is 0.525. The van der Waals surface area contributed by atoms with Crippen molar-refractivity contribution in [2.45, 2.75) is 58.8 Å². The molecular weight excluding hydrogens is 416 g/mol. The fourth-order valence-electron chi connectivity index (χ4n) is 4.98. The van der Waals surface area contributed by atoms with Crippen molar-refractivity contribution >= 4 is 10.0 Å². The van der Waals surface area contributed by atoms with Crippen LogP contribution in [-0.4, -0.2) is 30.4 Å². The molecule has 1 aliphatic heterocycles. The van der Waals surface area contributed by atoms with Gasteiger partial charge in [0, 0.05) is 31.2 Å². The maximum Gasteiger partial charge on any atom is 0.243 e. The van der Waals surface area contributed by atoms with Crippen LogP contribution in [0.5, 0.6) is 0 Å². The van der Waals surface area contributed by atoms with Crippen LogP contribution in [0.1, 0.15) is 46.2 Å². The Hall–Kier alpha value is -2.37. The summed E-state index contributed by atoms with van der Waals surface area (Å²) in [6, 6.07) is 12.8. The molecule has 0 spiro atoms. The molecule has 1 saturated heterocycles. The molecule has 0 saturated carbocycles. The first kappa shape index (κ1) is 22.8. The third kappa shape index (κ3) is 4.16. The van der Waals surface area contributed by atoms with Gasteiger partial charge in [-0.15, -0.1) is 0 Å². The monoisotopic (exact) mass is 450 g/mol. The minimum absolute atomic E-state index is 0.516. The Morgan fingerprint density at radius 2 is 1.28 bits per heavy atom. The Morgan fingerprint density at radius 3 is 1.81 bits per heavy atom. The van der Waals surface area contributed by atoms with Gasteiger partial charge in [0.15, 0.2) is 0 Å². The lowest BCUT2D eigenvalue weighted by molar-refractivity contribution is 0.272. The molecule has 1 aliphatic rings. The number of piperidine rings is 1. The van der Waals surface area contributed by atoms with Gasteiger partial charge in [0.1, 0.15) is 0 Å². The number of aromatic nitrogens is 1. The van der Waals surface area contributed by atoms with E-state index in [9.17, 15) is 8.42 Å². The van der Waals surface area contributed by atoms with Gasteiger partial charge in [-0.1, -0.05) is 12.1 Å². The maximum atomic E-state index is 13.6. The van der Waals surface area contributed by atoms with E-state index in [-0.39, 0.29) is 0 Å². The Labute approximate surface area is 192 Å².